The van der Waals surface area contributed by atoms with Crippen LogP contribution >= 0.6 is 0 Å². The van der Waals surface area contributed by atoms with Gasteiger partial charge < -0.3 is 10.1 Å². The molecular formula is C15H24N2O. The molecule has 0 bridgehead atoms. The summed E-state index contributed by atoms with van der Waals surface area (Å²) in [5.41, 5.74) is 3.92. The predicted octanol–water partition coefficient (Wildman–Crippen LogP) is 2.44. The van der Waals surface area contributed by atoms with Crippen LogP contribution in [0.2, 0.25) is 0 Å². The number of nitrogens with one attached hydrogen (secondary N) is 1. The minimum atomic E-state index is 0.893. The van der Waals surface area contributed by atoms with Gasteiger partial charge in [-0.15, -0.1) is 0 Å². The van der Waals surface area contributed by atoms with E-state index in [1.165, 1.54) is 29.8 Å². The Morgan fingerprint density at radius 1 is 1.22 bits per heavy atom. The normalized spacial score (nSPS) is 16.8. The van der Waals surface area contributed by atoms with Gasteiger partial charge in [-0.05, 0) is 44.0 Å². The second-order valence-corrected chi connectivity index (χ2v) is 5.05. The molecule has 1 heterocycles. The highest BCUT2D eigenvalue weighted by molar-refractivity contribution is 5.52. The maximum absolute atomic E-state index is 5.35. The number of benzene rings is 1. The molecule has 0 spiro atoms. The number of hydrogen-bond acceptors (Lipinski definition) is 3. The number of aryl methyl sites for hydroxylation is 2. The van der Waals surface area contributed by atoms with Crippen LogP contribution in [0.25, 0.3) is 0 Å². The summed E-state index contributed by atoms with van der Waals surface area (Å²) in [4.78, 5) is 2.48. The molecule has 1 fully saturated rings. The summed E-state index contributed by atoms with van der Waals surface area (Å²) in [5, 5.41) is 3.54. The zero-order valence-corrected chi connectivity index (χ0v) is 11.5. The third-order valence-electron chi connectivity index (χ3n) is 3.46. The summed E-state index contributed by atoms with van der Waals surface area (Å²) in [6, 6.07) is 6.57. The molecule has 0 radical (unpaired) electrons. The third-order valence-corrected chi connectivity index (χ3v) is 3.46. The Kier molecular flexibility index (Phi) is 5.02. The van der Waals surface area contributed by atoms with Crippen molar-refractivity contribution in [1.29, 1.82) is 0 Å². The minimum Gasteiger partial charge on any atom is -0.385 e. The zero-order chi connectivity index (χ0) is 12.8. The molecule has 100 valence electrons. The number of rotatable bonds is 5. The summed E-state index contributed by atoms with van der Waals surface area (Å²) in [6.45, 7) is 10.5. The van der Waals surface area contributed by atoms with Crippen LogP contribution in [0.1, 0.15) is 17.5 Å². The van der Waals surface area contributed by atoms with Crippen molar-refractivity contribution in [2.75, 3.05) is 44.7 Å². The van der Waals surface area contributed by atoms with Crippen LogP contribution in [0.4, 0.5) is 5.69 Å². The Balaban J connectivity index is 1.69. The van der Waals surface area contributed by atoms with Crippen molar-refractivity contribution in [2.24, 2.45) is 0 Å². The zero-order valence-electron chi connectivity index (χ0n) is 11.5. The molecule has 0 aromatic heterocycles. The molecule has 1 aromatic carbocycles. The fourth-order valence-electron chi connectivity index (χ4n) is 2.28. The quantitative estimate of drug-likeness (QED) is 0.810. The lowest BCUT2D eigenvalue weighted by Gasteiger charge is -2.26. The molecule has 1 aliphatic rings. The van der Waals surface area contributed by atoms with E-state index in [1.807, 2.05) is 0 Å². The van der Waals surface area contributed by atoms with Crippen molar-refractivity contribution in [1.82, 2.24) is 4.90 Å². The number of nitrogens with zero attached hydrogens (tertiary/aromatic N) is 1. The SMILES string of the molecule is Cc1ccc(C)c(NCCCN2CCOCC2)c1. The van der Waals surface area contributed by atoms with Gasteiger partial charge in [-0.3, -0.25) is 4.90 Å². The Bertz CT molecular complexity index is 373. The lowest BCUT2D eigenvalue weighted by molar-refractivity contribution is 0.0378. The van der Waals surface area contributed by atoms with Gasteiger partial charge in [0.1, 0.15) is 0 Å². The maximum atomic E-state index is 5.35. The Morgan fingerprint density at radius 3 is 2.78 bits per heavy atom. The highest BCUT2D eigenvalue weighted by Crippen LogP contribution is 2.16. The Morgan fingerprint density at radius 2 is 2.00 bits per heavy atom. The number of ether oxygens (including phenoxy) is 1. The molecular weight excluding hydrogens is 224 g/mol. The average molecular weight is 248 g/mol. The van der Waals surface area contributed by atoms with E-state index in [0.29, 0.717) is 0 Å². The first-order chi connectivity index (χ1) is 8.75. The van der Waals surface area contributed by atoms with E-state index < -0.39 is 0 Å². The average Bonchev–Trinajstić information content (AvgIpc) is 2.40. The molecule has 3 nitrogen and oxygen atoms in total. The van der Waals surface area contributed by atoms with E-state index in [4.69, 9.17) is 4.74 Å². The van der Waals surface area contributed by atoms with E-state index in [-0.39, 0.29) is 0 Å². The Hall–Kier alpha value is -1.06. The molecule has 1 aliphatic heterocycles. The minimum absolute atomic E-state index is 0.893. The fourth-order valence-corrected chi connectivity index (χ4v) is 2.28. The van der Waals surface area contributed by atoms with E-state index >= 15 is 0 Å². The second-order valence-electron chi connectivity index (χ2n) is 5.05. The highest BCUT2D eigenvalue weighted by atomic mass is 16.5. The monoisotopic (exact) mass is 248 g/mol. The van der Waals surface area contributed by atoms with E-state index in [9.17, 15) is 0 Å². The maximum Gasteiger partial charge on any atom is 0.0594 e. The Labute approximate surface area is 110 Å². The van der Waals surface area contributed by atoms with Gasteiger partial charge in [-0.25, -0.2) is 0 Å². The molecule has 1 aromatic rings. The summed E-state index contributed by atoms with van der Waals surface area (Å²) < 4.78 is 5.35. The molecule has 2 rings (SSSR count). The molecule has 0 atom stereocenters. The van der Waals surface area contributed by atoms with Crippen LogP contribution in [-0.4, -0.2) is 44.3 Å². The van der Waals surface area contributed by atoms with Gasteiger partial charge in [0.05, 0.1) is 13.2 Å². The topological polar surface area (TPSA) is 24.5 Å². The first-order valence-corrected chi connectivity index (χ1v) is 6.87. The van der Waals surface area contributed by atoms with E-state index in [0.717, 1.165) is 32.8 Å². The van der Waals surface area contributed by atoms with Gasteiger partial charge >= 0.3 is 0 Å². The van der Waals surface area contributed by atoms with E-state index in [2.05, 4.69) is 42.3 Å². The van der Waals surface area contributed by atoms with Crippen molar-refractivity contribution in [3.8, 4) is 0 Å². The summed E-state index contributed by atoms with van der Waals surface area (Å²) in [6.07, 6.45) is 1.19. The highest BCUT2D eigenvalue weighted by Gasteiger charge is 2.09. The van der Waals surface area contributed by atoms with Gasteiger partial charge in [0.2, 0.25) is 0 Å². The van der Waals surface area contributed by atoms with Crippen molar-refractivity contribution in [2.45, 2.75) is 20.3 Å². The van der Waals surface area contributed by atoms with Gasteiger partial charge in [0, 0.05) is 25.3 Å². The number of morpholine rings is 1. The van der Waals surface area contributed by atoms with Crippen LogP contribution in [0.15, 0.2) is 18.2 Å². The third kappa shape index (κ3) is 4.00. The van der Waals surface area contributed by atoms with Gasteiger partial charge in [0.25, 0.3) is 0 Å². The molecule has 0 saturated carbocycles. The van der Waals surface area contributed by atoms with Crippen LogP contribution in [-0.2, 0) is 4.74 Å². The largest absolute Gasteiger partial charge is 0.385 e. The summed E-state index contributed by atoms with van der Waals surface area (Å²) in [5.74, 6) is 0. The van der Waals surface area contributed by atoms with Crippen molar-refractivity contribution >= 4 is 5.69 Å². The molecule has 18 heavy (non-hydrogen) atoms. The smallest absolute Gasteiger partial charge is 0.0594 e. The van der Waals surface area contributed by atoms with Gasteiger partial charge in [-0.1, -0.05) is 12.1 Å². The summed E-state index contributed by atoms with van der Waals surface area (Å²) >= 11 is 0. The summed E-state index contributed by atoms with van der Waals surface area (Å²) in [7, 11) is 0. The molecule has 1 saturated heterocycles. The molecule has 3 heteroatoms. The van der Waals surface area contributed by atoms with Gasteiger partial charge in [0.15, 0.2) is 0 Å². The number of hydrogen-bond donors (Lipinski definition) is 1. The number of anilines is 1. The predicted molar refractivity (Wildman–Crippen MR) is 76.3 cm³/mol. The molecule has 0 amide bonds. The van der Waals surface area contributed by atoms with Crippen molar-refractivity contribution in [3.63, 3.8) is 0 Å². The molecule has 0 unspecified atom stereocenters. The molecule has 0 aliphatic carbocycles. The van der Waals surface area contributed by atoms with Crippen LogP contribution < -0.4 is 5.32 Å². The second kappa shape index (κ2) is 6.76. The lowest BCUT2D eigenvalue weighted by Crippen LogP contribution is -2.37. The lowest BCUT2D eigenvalue weighted by atomic mass is 10.1. The molecule has 1 N–H and O–H groups in total. The van der Waals surface area contributed by atoms with E-state index in [1.54, 1.807) is 0 Å². The van der Waals surface area contributed by atoms with Gasteiger partial charge in [-0.2, -0.15) is 0 Å². The standard InChI is InChI=1S/C15H24N2O/c1-13-4-5-14(2)15(12-13)16-6-3-7-17-8-10-18-11-9-17/h4-5,12,16H,3,6-11H2,1-2H3. The fraction of sp³-hybridized carbons (Fsp3) is 0.600. The van der Waals surface area contributed by atoms with Crippen LogP contribution in [0, 0.1) is 13.8 Å². The van der Waals surface area contributed by atoms with Crippen molar-refractivity contribution in [3.05, 3.63) is 29.3 Å². The van der Waals surface area contributed by atoms with Crippen LogP contribution in [0.3, 0.4) is 0 Å². The van der Waals surface area contributed by atoms with Crippen LogP contribution in [0.5, 0.6) is 0 Å². The van der Waals surface area contributed by atoms with Crippen molar-refractivity contribution < 1.29 is 4.74 Å². The first kappa shape index (κ1) is 13.4. The first-order valence-electron chi connectivity index (χ1n) is 6.87.